The Morgan fingerprint density at radius 1 is 1.50 bits per heavy atom. The summed E-state index contributed by atoms with van der Waals surface area (Å²) in [5.41, 5.74) is 0.733. The first-order valence-electron chi connectivity index (χ1n) is 5.98. The number of pyridine rings is 1. The van der Waals surface area contributed by atoms with Crippen LogP contribution in [0.15, 0.2) is 12.3 Å². The predicted octanol–water partition coefficient (Wildman–Crippen LogP) is 1.50. The minimum atomic E-state index is -0.848. The Hall–Kier alpha value is -1.78. The molecule has 0 aliphatic heterocycles. The standard InChI is InChI=1S/C13H19NO4/c1-9(2)8-18-13-10(3)14(6-4-11(13)15)7-5-12(16)17/h4,6,9H,5,7-8H2,1-3H3,(H,16,17)/p+1. The van der Waals surface area contributed by atoms with Crippen LogP contribution in [0.2, 0.25) is 0 Å². The van der Waals surface area contributed by atoms with Gasteiger partial charge in [-0.15, -0.1) is 0 Å². The van der Waals surface area contributed by atoms with Gasteiger partial charge in [0.1, 0.15) is 6.42 Å². The highest BCUT2D eigenvalue weighted by molar-refractivity contribution is 5.66. The molecule has 0 atom stereocenters. The molecule has 1 aromatic rings. The van der Waals surface area contributed by atoms with Gasteiger partial charge in [-0.2, -0.15) is 4.57 Å². The van der Waals surface area contributed by atoms with Crippen LogP contribution in [0.25, 0.3) is 0 Å². The summed E-state index contributed by atoms with van der Waals surface area (Å²) in [6.45, 7) is 6.72. The summed E-state index contributed by atoms with van der Waals surface area (Å²) in [4.78, 5) is 10.6. The zero-order valence-electron chi connectivity index (χ0n) is 11.0. The predicted molar refractivity (Wildman–Crippen MR) is 65.6 cm³/mol. The number of rotatable bonds is 6. The second-order valence-electron chi connectivity index (χ2n) is 4.66. The molecule has 0 amide bonds. The van der Waals surface area contributed by atoms with Crippen molar-refractivity contribution in [2.45, 2.75) is 33.7 Å². The fourth-order valence-electron chi connectivity index (χ4n) is 1.55. The molecule has 0 radical (unpaired) electrons. The van der Waals surface area contributed by atoms with Crippen LogP contribution in [0.3, 0.4) is 0 Å². The third kappa shape index (κ3) is 3.91. The normalized spacial score (nSPS) is 10.7. The van der Waals surface area contributed by atoms with E-state index < -0.39 is 5.97 Å². The first-order chi connectivity index (χ1) is 8.41. The van der Waals surface area contributed by atoms with Crippen LogP contribution in [0.5, 0.6) is 11.5 Å². The van der Waals surface area contributed by atoms with E-state index in [0.29, 0.717) is 24.8 Å². The summed E-state index contributed by atoms with van der Waals surface area (Å²) in [6.07, 6.45) is 1.70. The highest BCUT2D eigenvalue weighted by Crippen LogP contribution is 2.27. The molecule has 5 nitrogen and oxygen atoms in total. The second-order valence-corrected chi connectivity index (χ2v) is 4.66. The lowest BCUT2D eigenvalue weighted by molar-refractivity contribution is -0.702. The zero-order valence-corrected chi connectivity index (χ0v) is 11.0. The first-order valence-corrected chi connectivity index (χ1v) is 5.98. The molecule has 1 heterocycles. The number of aromatic hydroxyl groups is 1. The van der Waals surface area contributed by atoms with Crippen LogP contribution >= 0.6 is 0 Å². The van der Waals surface area contributed by atoms with Crippen LogP contribution < -0.4 is 9.30 Å². The summed E-state index contributed by atoms with van der Waals surface area (Å²) in [7, 11) is 0. The number of aliphatic carboxylic acids is 1. The minimum Gasteiger partial charge on any atom is -0.504 e. The van der Waals surface area contributed by atoms with Crippen LogP contribution in [0, 0.1) is 12.8 Å². The number of nitrogens with zero attached hydrogens (tertiary/aromatic N) is 1. The lowest BCUT2D eigenvalue weighted by atomic mass is 10.2. The van der Waals surface area contributed by atoms with E-state index in [1.54, 1.807) is 17.7 Å². The number of carboxylic acid groups (broad SMARTS) is 1. The molecule has 5 heteroatoms. The molecule has 0 saturated carbocycles. The Morgan fingerprint density at radius 3 is 2.72 bits per heavy atom. The third-order valence-electron chi connectivity index (χ3n) is 2.53. The topological polar surface area (TPSA) is 70.6 Å². The number of carbonyl (C=O) groups is 1. The van der Waals surface area contributed by atoms with Crippen LogP contribution in [-0.2, 0) is 11.3 Å². The number of hydrogen-bond donors (Lipinski definition) is 2. The Kier molecular flexibility index (Phi) is 4.95. The van der Waals surface area contributed by atoms with E-state index >= 15 is 0 Å². The van der Waals surface area contributed by atoms with Gasteiger partial charge in [0.25, 0.3) is 0 Å². The van der Waals surface area contributed by atoms with Crippen LogP contribution in [0.4, 0.5) is 0 Å². The molecule has 2 N–H and O–H groups in total. The molecular formula is C13H20NO4+. The fraction of sp³-hybridized carbons (Fsp3) is 0.538. The van der Waals surface area contributed by atoms with E-state index in [9.17, 15) is 9.90 Å². The fourth-order valence-corrected chi connectivity index (χ4v) is 1.55. The maximum absolute atomic E-state index is 10.6. The molecule has 0 aromatic carbocycles. The van der Waals surface area contributed by atoms with Crippen LogP contribution in [0.1, 0.15) is 26.0 Å². The van der Waals surface area contributed by atoms with Gasteiger partial charge < -0.3 is 14.9 Å². The maximum atomic E-state index is 10.6. The first kappa shape index (κ1) is 14.3. The molecule has 0 fully saturated rings. The largest absolute Gasteiger partial charge is 0.504 e. The van der Waals surface area contributed by atoms with E-state index in [2.05, 4.69) is 0 Å². The molecule has 0 spiro atoms. The Labute approximate surface area is 107 Å². The molecular weight excluding hydrogens is 234 g/mol. The lowest BCUT2D eigenvalue weighted by Crippen LogP contribution is -2.38. The number of aryl methyl sites for hydroxylation is 1. The Bertz CT molecular complexity index is 429. The molecule has 100 valence electrons. The van der Waals surface area contributed by atoms with Crippen molar-refractivity contribution < 1.29 is 24.3 Å². The van der Waals surface area contributed by atoms with Crippen molar-refractivity contribution in [2.24, 2.45) is 5.92 Å². The summed E-state index contributed by atoms with van der Waals surface area (Å²) in [5, 5.41) is 18.4. The average Bonchev–Trinajstić information content (AvgIpc) is 2.27. The van der Waals surface area contributed by atoms with Gasteiger partial charge in [0.2, 0.25) is 11.4 Å². The van der Waals surface area contributed by atoms with Crippen LogP contribution in [-0.4, -0.2) is 22.8 Å². The Balaban J connectivity index is 2.88. The smallest absolute Gasteiger partial charge is 0.309 e. The van der Waals surface area contributed by atoms with E-state index in [-0.39, 0.29) is 12.2 Å². The monoisotopic (exact) mass is 254 g/mol. The number of ether oxygens (including phenoxy) is 1. The number of hydrogen-bond acceptors (Lipinski definition) is 3. The minimum absolute atomic E-state index is 0.0416. The summed E-state index contributed by atoms with van der Waals surface area (Å²) in [5.74, 6) is 0.0208. The van der Waals surface area contributed by atoms with Crippen molar-refractivity contribution in [3.05, 3.63) is 18.0 Å². The summed E-state index contributed by atoms with van der Waals surface area (Å²) < 4.78 is 7.33. The van der Waals surface area contributed by atoms with Crippen molar-refractivity contribution in [1.29, 1.82) is 0 Å². The molecule has 18 heavy (non-hydrogen) atoms. The van der Waals surface area contributed by atoms with E-state index in [0.717, 1.165) is 5.69 Å². The zero-order chi connectivity index (χ0) is 13.7. The van der Waals surface area contributed by atoms with Gasteiger partial charge in [-0.3, -0.25) is 4.79 Å². The van der Waals surface area contributed by atoms with Gasteiger partial charge in [0.15, 0.2) is 18.5 Å². The van der Waals surface area contributed by atoms with Gasteiger partial charge in [-0.25, -0.2) is 0 Å². The Morgan fingerprint density at radius 2 is 2.17 bits per heavy atom. The number of aromatic nitrogens is 1. The number of carboxylic acids is 1. The molecule has 1 rings (SSSR count). The van der Waals surface area contributed by atoms with Gasteiger partial charge >= 0.3 is 5.97 Å². The van der Waals surface area contributed by atoms with E-state index in [1.165, 1.54) is 6.07 Å². The lowest BCUT2D eigenvalue weighted by Gasteiger charge is -2.11. The van der Waals surface area contributed by atoms with E-state index in [1.807, 2.05) is 13.8 Å². The summed E-state index contributed by atoms with van der Waals surface area (Å²) in [6, 6.07) is 1.52. The van der Waals surface area contributed by atoms with E-state index in [4.69, 9.17) is 9.84 Å². The molecule has 0 bridgehead atoms. The summed E-state index contributed by atoms with van der Waals surface area (Å²) >= 11 is 0. The molecule has 0 aliphatic rings. The molecule has 1 aromatic heterocycles. The third-order valence-corrected chi connectivity index (χ3v) is 2.53. The highest BCUT2D eigenvalue weighted by Gasteiger charge is 2.18. The van der Waals surface area contributed by atoms with Crippen molar-refractivity contribution in [3.8, 4) is 11.5 Å². The highest BCUT2D eigenvalue weighted by atomic mass is 16.5. The molecule has 0 unspecified atom stereocenters. The van der Waals surface area contributed by atoms with Gasteiger partial charge in [-0.05, 0) is 5.92 Å². The average molecular weight is 254 g/mol. The van der Waals surface area contributed by atoms with Gasteiger partial charge in [-0.1, -0.05) is 13.8 Å². The molecule has 0 saturated heterocycles. The second kappa shape index (κ2) is 6.23. The van der Waals surface area contributed by atoms with Crippen molar-refractivity contribution in [3.63, 3.8) is 0 Å². The van der Waals surface area contributed by atoms with Gasteiger partial charge in [0, 0.05) is 13.0 Å². The van der Waals surface area contributed by atoms with Crippen molar-refractivity contribution in [1.82, 2.24) is 0 Å². The quantitative estimate of drug-likeness (QED) is 0.755. The van der Waals surface area contributed by atoms with Gasteiger partial charge in [0.05, 0.1) is 6.61 Å². The maximum Gasteiger partial charge on any atom is 0.309 e. The van der Waals surface area contributed by atoms with Crippen molar-refractivity contribution in [2.75, 3.05) is 6.61 Å². The molecule has 0 aliphatic carbocycles. The SMILES string of the molecule is Cc1c(OCC(C)C)c(O)cc[n+]1CCC(=O)O. The van der Waals surface area contributed by atoms with Crippen molar-refractivity contribution >= 4 is 5.97 Å².